The fraction of sp³-hybridized carbons (Fsp3) is 0.182. The Hall–Kier alpha value is -2.57. The van der Waals surface area contributed by atoms with Crippen molar-refractivity contribution in [3.63, 3.8) is 0 Å². The highest BCUT2D eigenvalue weighted by Crippen LogP contribution is 2.24. The number of nitrogens with two attached hydrogens (primary N) is 1. The molecule has 0 spiro atoms. The predicted octanol–water partition coefficient (Wildman–Crippen LogP) is 0.0329. The number of hydrogen-bond donors (Lipinski definition) is 3. The third-order valence-electron chi connectivity index (χ3n) is 2.37. The van der Waals surface area contributed by atoms with Crippen LogP contribution in [-0.4, -0.2) is 25.8 Å². The van der Waals surface area contributed by atoms with Crippen molar-refractivity contribution in [1.82, 2.24) is 20.1 Å². The highest BCUT2D eigenvalue weighted by Gasteiger charge is 2.13. The quantitative estimate of drug-likeness (QED) is 0.524. The third-order valence-corrected chi connectivity index (χ3v) is 2.37. The molecule has 0 bridgehead atoms. The van der Waals surface area contributed by atoms with Crippen molar-refractivity contribution < 1.29 is 9.90 Å². The maximum absolute atomic E-state index is 11.8. The summed E-state index contributed by atoms with van der Waals surface area (Å²) in [6.07, 6.45) is 1.54. The van der Waals surface area contributed by atoms with Crippen molar-refractivity contribution in [2.24, 2.45) is 7.05 Å². The number of hydrogen-bond acceptors (Lipinski definition) is 5. The first kappa shape index (κ1) is 11.9. The Morgan fingerprint density at radius 1 is 1.56 bits per heavy atom. The van der Waals surface area contributed by atoms with Crippen LogP contribution in [0.2, 0.25) is 0 Å². The van der Waals surface area contributed by atoms with Gasteiger partial charge in [0.15, 0.2) is 11.6 Å². The first-order valence-corrected chi connectivity index (χ1v) is 5.28. The van der Waals surface area contributed by atoms with Gasteiger partial charge in [0.2, 0.25) is 0 Å². The van der Waals surface area contributed by atoms with Crippen molar-refractivity contribution >= 4 is 11.6 Å². The van der Waals surface area contributed by atoms with Gasteiger partial charge in [0.05, 0.1) is 17.8 Å². The smallest absolute Gasteiger partial charge is 0.255 e. The fourth-order valence-corrected chi connectivity index (χ4v) is 1.46. The van der Waals surface area contributed by atoms with E-state index >= 15 is 0 Å². The Bertz CT molecular complexity index is 579. The van der Waals surface area contributed by atoms with Gasteiger partial charge in [-0.05, 0) is 12.1 Å². The minimum Gasteiger partial charge on any atom is -0.505 e. The minimum atomic E-state index is -0.424. The number of phenolic OH excluding ortho intramolecular Hbond substituents is 1. The molecule has 0 saturated carbocycles. The zero-order valence-corrected chi connectivity index (χ0v) is 9.79. The number of carbonyl (C=O) groups excluding carboxylic acids is 1. The van der Waals surface area contributed by atoms with Crippen LogP contribution in [0.25, 0.3) is 0 Å². The molecule has 94 valence electrons. The summed E-state index contributed by atoms with van der Waals surface area (Å²) in [5.41, 5.74) is 5.81. The standard InChI is InChI=1S/C11H13N5O2/c1-16-6-14-9(15-16)5-13-11(18)7-3-2-4-8(12)10(7)17/h2-4,6,17H,5,12H2,1H3,(H,13,18). The second-order valence-corrected chi connectivity index (χ2v) is 3.76. The summed E-state index contributed by atoms with van der Waals surface area (Å²) in [7, 11) is 1.74. The number of rotatable bonds is 3. The number of benzene rings is 1. The Morgan fingerprint density at radius 3 is 3.00 bits per heavy atom. The molecule has 0 aliphatic carbocycles. The van der Waals surface area contributed by atoms with Gasteiger partial charge < -0.3 is 16.2 Å². The normalized spacial score (nSPS) is 10.3. The van der Waals surface area contributed by atoms with Gasteiger partial charge in [0, 0.05) is 7.05 Å². The number of nitrogens with zero attached hydrogens (tertiary/aromatic N) is 3. The van der Waals surface area contributed by atoms with Crippen molar-refractivity contribution in [3.8, 4) is 5.75 Å². The number of phenols is 1. The van der Waals surface area contributed by atoms with E-state index in [1.807, 2.05) is 0 Å². The number of amides is 1. The topological polar surface area (TPSA) is 106 Å². The summed E-state index contributed by atoms with van der Waals surface area (Å²) in [6, 6.07) is 4.61. The lowest BCUT2D eigenvalue weighted by atomic mass is 10.1. The largest absolute Gasteiger partial charge is 0.505 e. The van der Waals surface area contributed by atoms with Crippen LogP contribution >= 0.6 is 0 Å². The zero-order valence-electron chi connectivity index (χ0n) is 9.79. The molecule has 0 unspecified atom stereocenters. The Balaban J connectivity index is 2.06. The van der Waals surface area contributed by atoms with E-state index in [0.717, 1.165) is 0 Å². The molecule has 0 aliphatic rings. The Labute approximate surface area is 103 Å². The molecular formula is C11H13N5O2. The molecule has 1 aromatic carbocycles. The molecule has 7 nitrogen and oxygen atoms in total. The van der Waals surface area contributed by atoms with Crippen LogP contribution in [0.4, 0.5) is 5.69 Å². The number of aryl methyl sites for hydroxylation is 1. The Kier molecular flexibility index (Phi) is 3.13. The van der Waals surface area contributed by atoms with Gasteiger partial charge in [-0.15, -0.1) is 0 Å². The summed E-state index contributed by atoms with van der Waals surface area (Å²) < 4.78 is 1.54. The summed E-state index contributed by atoms with van der Waals surface area (Å²) in [4.78, 5) is 15.8. The lowest BCUT2D eigenvalue weighted by Gasteiger charge is -2.06. The van der Waals surface area contributed by atoms with Crippen LogP contribution in [-0.2, 0) is 13.6 Å². The van der Waals surface area contributed by atoms with Gasteiger partial charge in [0.25, 0.3) is 5.91 Å². The van der Waals surface area contributed by atoms with E-state index in [2.05, 4.69) is 15.4 Å². The first-order chi connectivity index (χ1) is 8.58. The molecule has 2 rings (SSSR count). The molecule has 0 radical (unpaired) electrons. The zero-order chi connectivity index (χ0) is 13.1. The lowest BCUT2D eigenvalue weighted by molar-refractivity contribution is 0.0947. The average molecular weight is 247 g/mol. The van der Waals surface area contributed by atoms with E-state index in [0.29, 0.717) is 5.82 Å². The first-order valence-electron chi connectivity index (χ1n) is 5.28. The van der Waals surface area contributed by atoms with Gasteiger partial charge in [-0.1, -0.05) is 6.07 Å². The van der Waals surface area contributed by atoms with E-state index in [9.17, 15) is 9.90 Å². The van der Waals surface area contributed by atoms with Crippen LogP contribution in [0, 0.1) is 0 Å². The molecule has 18 heavy (non-hydrogen) atoms. The van der Waals surface area contributed by atoms with Crippen LogP contribution in [0.1, 0.15) is 16.2 Å². The number of anilines is 1. The molecular weight excluding hydrogens is 234 g/mol. The maximum atomic E-state index is 11.8. The number of aromatic hydroxyl groups is 1. The highest BCUT2D eigenvalue weighted by atomic mass is 16.3. The van der Waals surface area contributed by atoms with Gasteiger partial charge in [0.1, 0.15) is 6.33 Å². The molecule has 1 heterocycles. The fourth-order valence-electron chi connectivity index (χ4n) is 1.46. The van der Waals surface area contributed by atoms with E-state index in [4.69, 9.17) is 5.73 Å². The number of carbonyl (C=O) groups is 1. The van der Waals surface area contributed by atoms with Crippen LogP contribution in [0.5, 0.6) is 5.75 Å². The number of para-hydroxylation sites is 1. The van der Waals surface area contributed by atoms with E-state index in [1.54, 1.807) is 24.1 Å². The number of aromatic nitrogens is 3. The number of nitrogens with one attached hydrogen (secondary N) is 1. The summed E-state index contributed by atoms with van der Waals surface area (Å²) in [5, 5.41) is 16.3. The minimum absolute atomic E-state index is 0.130. The molecule has 0 aliphatic heterocycles. The SMILES string of the molecule is Cn1cnc(CNC(=O)c2cccc(N)c2O)n1. The van der Waals surface area contributed by atoms with Crippen LogP contribution in [0.3, 0.4) is 0 Å². The average Bonchev–Trinajstić information content (AvgIpc) is 2.76. The monoisotopic (exact) mass is 247 g/mol. The van der Waals surface area contributed by atoms with Gasteiger partial charge in [-0.3, -0.25) is 9.48 Å². The molecule has 0 atom stereocenters. The van der Waals surface area contributed by atoms with Gasteiger partial charge >= 0.3 is 0 Å². The van der Waals surface area contributed by atoms with Gasteiger partial charge in [-0.25, -0.2) is 4.98 Å². The molecule has 1 amide bonds. The van der Waals surface area contributed by atoms with Crippen molar-refractivity contribution in [2.75, 3.05) is 5.73 Å². The Morgan fingerprint density at radius 2 is 2.33 bits per heavy atom. The van der Waals surface area contributed by atoms with Gasteiger partial charge in [-0.2, -0.15) is 5.10 Å². The van der Waals surface area contributed by atoms with Crippen molar-refractivity contribution in [3.05, 3.63) is 35.9 Å². The lowest BCUT2D eigenvalue weighted by Crippen LogP contribution is -2.23. The highest BCUT2D eigenvalue weighted by molar-refractivity contribution is 5.98. The molecule has 1 aromatic heterocycles. The molecule has 0 saturated heterocycles. The summed E-state index contributed by atoms with van der Waals surface area (Å²) in [5.74, 6) is -0.148. The molecule has 2 aromatic rings. The van der Waals surface area contributed by atoms with E-state index < -0.39 is 5.91 Å². The van der Waals surface area contributed by atoms with Crippen LogP contribution < -0.4 is 11.1 Å². The summed E-state index contributed by atoms with van der Waals surface area (Å²) >= 11 is 0. The second-order valence-electron chi connectivity index (χ2n) is 3.76. The van der Waals surface area contributed by atoms with E-state index in [-0.39, 0.29) is 23.5 Å². The number of nitrogen functional groups attached to an aromatic ring is 1. The predicted molar refractivity (Wildman–Crippen MR) is 64.7 cm³/mol. The van der Waals surface area contributed by atoms with Crippen molar-refractivity contribution in [1.29, 1.82) is 0 Å². The summed E-state index contributed by atoms with van der Waals surface area (Å²) in [6.45, 7) is 0.188. The maximum Gasteiger partial charge on any atom is 0.255 e. The van der Waals surface area contributed by atoms with Crippen LogP contribution in [0.15, 0.2) is 24.5 Å². The molecule has 7 heteroatoms. The molecule has 4 N–H and O–H groups in total. The second kappa shape index (κ2) is 4.74. The third kappa shape index (κ3) is 2.40. The van der Waals surface area contributed by atoms with E-state index in [1.165, 1.54) is 12.1 Å². The van der Waals surface area contributed by atoms with Crippen molar-refractivity contribution in [2.45, 2.75) is 6.54 Å². The molecule has 0 fully saturated rings.